The standard InChI is InChI=1S/C13H15NOS2/c1-3-15-6-8-5-11(14-10(1)8)9-7-17-12-2-4-16-13(9)12/h2,4,7,11-14H,1,3,5-6H2. The Hall–Kier alpha value is -0.320. The summed E-state index contributed by atoms with van der Waals surface area (Å²) in [6, 6.07) is 0.539. The largest absolute Gasteiger partial charge is 0.381 e. The maximum absolute atomic E-state index is 5.54. The van der Waals surface area contributed by atoms with Crippen molar-refractivity contribution in [2.75, 3.05) is 13.2 Å². The Morgan fingerprint density at radius 1 is 1.35 bits per heavy atom. The van der Waals surface area contributed by atoms with Crippen LogP contribution in [0.25, 0.3) is 0 Å². The van der Waals surface area contributed by atoms with Crippen LogP contribution < -0.4 is 5.32 Å². The minimum absolute atomic E-state index is 0.539. The number of rotatable bonds is 1. The van der Waals surface area contributed by atoms with Gasteiger partial charge in [-0.3, -0.25) is 0 Å². The van der Waals surface area contributed by atoms with Gasteiger partial charge in [0.15, 0.2) is 0 Å². The Kier molecular flexibility index (Phi) is 2.56. The fourth-order valence-electron chi connectivity index (χ4n) is 2.97. The first-order valence-corrected chi connectivity index (χ1v) is 8.03. The monoisotopic (exact) mass is 265 g/mol. The van der Waals surface area contributed by atoms with Crippen molar-refractivity contribution < 1.29 is 4.74 Å². The molecule has 0 aromatic rings. The van der Waals surface area contributed by atoms with Gasteiger partial charge in [-0.15, -0.1) is 23.5 Å². The SMILES string of the molecule is C1=CC2SC=C(C3CC4=C(CCOC4)N3)C2S1. The van der Waals surface area contributed by atoms with E-state index in [2.05, 4.69) is 22.2 Å². The van der Waals surface area contributed by atoms with E-state index in [0.29, 0.717) is 16.5 Å². The third-order valence-corrected chi connectivity index (χ3v) is 6.38. The van der Waals surface area contributed by atoms with Crippen LogP contribution in [-0.2, 0) is 4.74 Å². The zero-order valence-corrected chi connectivity index (χ0v) is 11.2. The van der Waals surface area contributed by atoms with Gasteiger partial charge in [0.25, 0.3) is 0 Å². The third-order valence-electron chi connectivity index (χ3n) is 3.88. The van der Waals surface area contributed by atoms with Crippen molar-refractivity contribution in [3.05, 3.63) is 33.7 Å². The van der Waals surface area contributed by atoms with E-state index >= 15 is 0 Å². The zero-order chi connectivity index (χ0) is 11.2. The van der Waals surface area contributed by atoms with Gasteiger partial charge in [0.2, 0.25) is 0 Å². The summed E-state index contributed by atoms with van der Waals surface area (Å²) in [5, 5.41) is 9.75. The molecule has 4 heterocycles. The van der Waals surface area contributed by atoms with Crippen LogP contribution in [0.15, 0.2) is 33.7 Å². The van der Waals surface area contributed by atoms with Gasteiger partial charge in [-0.2, -0.15) is 0 Å². The van der Waals surface area contributed by atoms with Gasteiger partial charge in [0.1, 0.15) is 0 Å². The lowest BCUT2D eigenvalue weighted by atomic mass is 9.99. The van der Waals surface area contributed by atoms with E-state index in [4.69, 9.17) is 4.74 Å². The molecule has 90 valence electrons. The fraction of sp³-hybridized carbons (Fsp3) is 0.538. The highest BCUT2D eigenvalue weighted by atomic mass is 32.2. The minimum atomic E-state index is 0.539. The molecule has 4 aliphatic heterocycles. The van der Waals surface area contributed by atoms with Crippen LogP contribution in [-0.4, -0.2) is 29.8 Å². The predicted molar refractivity (Wildman–Crippen MR) is 74.0 cm³/mol. The van der Waals surface area contributed by atoms with Crippen LogP contribution in [0.2, 0.25) is 0 Å². The van der Waals surface area contributed by atoms with Crippen molar-refractivity contribution in [2.24, 2.45) is 0 Å². The first kappa shape index (κ1) is 10.6. The fourth-order valence-corrected chi connectivity index (χ4v) is 5.70. The quantitative estimate of drug-likeness (QED) is 0.786. The highest BCUT2D eigenvalue weighted by Crippen LogP contribution is 2.47. The zero-order valence-electron chi connectivity index (χ0n) is 9.52. The van der Waals surface area contributed by atoms with Crippen molar-refractivity contribution in [1.82, 2.24) is 5.32 Å². The number of hydrogen-bond donors (Lipinski definition) is 1. The van der Waals surface area contributed by atoms with Crippen LogP contribution in [0.4, 0.5) is 0 Å². The molecular weight excluding hydrogens is 250 g/mol. The van der Waals surface area contributed by atoms with Gasteiger partial charge in [-0.1, -0.05) is 6.08 Å². The Labute approximate surface area is 110 Å². The number of fused-ring (bicyclic) bond motifs is 1. The van der Waals surface area contributed by atoms with E-state index in [1.54, 1.807) is 5.57 Å². The van der Waals surface area contributed by atoms with Gasteiger partial charge in [0, 0.05) is 22.6 Å². The van der Waals surface area contributed by atoms with E-state index in [9.17, 15) is 0 Å². The van der Waals surface area contributed by atoms with E-state index in [-0.39, 0.29) is 0 Å². The van der Waals surface area contributed by atoms with Crippen LogP contribution in [0, 0.1) is 0 Å². The summed E-state index contributed by atoms with van der Waals surface area (Å²) >= 11 is 3.96. The summed E-state index contributed by atoms with van der Waals surface area (Å²) in [5.41, 5.74) is 4.57. The number of nitrogens with one attached hydrogen (secondary N) is 1. The second kappa shape index (κ2) is 4.11. The highest BCUT2D eigenvalue weighted by Gasteiger charge is 2.38. The van der Waals surface area contributed by atoms with E-state index in [0.717, 1.165) is 26.1 Å². The molecule has 1 N–H and O–H groups in total. The van der Waals surface area contributed by atoms with E-state index < -0.39 is 0 Å². The predicted octanol–water partition coefficient (Wildman–Crippen LogP) is 2.65. The average molecular weight is 265 g/mol. The lowest BCUT2D eigenvalue weighted by Gasteiger charge is -2.20. The molecule has 17 heavy (non-hydrogen) atoms. The molecule has 3 unspecified atom stereocenters. The van der Waals surface area contributed by atoms with Gasteiger partial charge < -0.3 is 10.1 Å². The molecule has 4 aliphatic rings. The highest BCUT2D eigenvalue weighted by molar-refractivity contribution is 8.08. The average Bonchev–Trinajstić information content (AvgIpc) is 3.02. The molecule has 0 spiro atoms. The molecule has 4 rings (SSSR count). The van der Waals surface area contributed by atoms with Crippen LogP contribution in [0.1, 0.15) is 12.8 Å². The van der Waals surface area contributed by atoms with Crippen molar-refractivity contribution in [3.63, 3.8) is 0 Å². The molecule has 0 radical (unpaired) electrons. The molecule has 0 fully saturated rings. The summed E-state index contributed by atoms with van der Waals surface area (Å²) in [6.07, 6.45) is 4.58. The van der Waals surface area contributed by atoms with Crippen LogP contribution >= 0.6 is 23.5 Å². The second-order valence-corrected chi connectivity index (χ2v) is 6.99. The molecule has 0 aliphatic carbocycles. The van der Waals surface area contributed by atoms with E-state index in [1.165, 1.54) is 11.3 Å². The normalized spacial score (nSPS) is 39.1. The Morgan fingerprint density at radius 2 is 2.35 bits per heavy atom. The third kappa shape index (κ3) is 1.69. The minimum Gasteiger partial charge on any atom is -0.381 e. The molecular formula is C13H15NOS2. The molecule has 4 heteroatoms. The van der Waals surface area contributed by atoms with Gasteiger partial charge in [0.05, 0.1) is 19.3 Å². The Morgan fingerprint density at radius 3 is 3.29 bits per heavy atom. The Balaban J connectivity index is 1.52. The van der Waals surface area contributed by atoms with Crippen LogP contribution in [0.5, 0.6) is 0 Å². The number of hydrogen-bond acceptors (Lipinski definition) is 4. The summed E-state index contributed by atoms with van der Waals surface area (Å²) < 4.78 is 5.54. The first-order valence-electron chi connectivity index (χ1n) is 6.14. The summed E-state index contributed by atoms with van der Waals surface area (Å²) in [4.78, 5) is 0. The van der Waals surface area contributed by atoms with Gasteiger partial charge >= 0.3 is 0 Å². The topological polar surface area (TPSA) is 21.3 Å². The maximum Gasteiger partial charge on any atom is 0.0697 e. The molecule has 2 nitrogen and oxygen atoms in total. The molecule has 0 aromatic heterocycles. The Bertz CT molecular complexity index is 423. The number of thioether (sulfide) groups is 2. The lowest BCUT2D eigenvalue weighted by Crippen LogP contribution is -2.30. The van der Waals surface area contributed by atoms with Crippen molar-refractivity contribution in [3.8, 4) is 0 Å². The first-order chi connectivity index (χ1) is 8.42. The van der Waals surface area contributed by atoms with E-state index in [1.807, 2.05) is 23.5 Å². The molecule has 0 amide bonds. The van der Waals surface area contributed by atoms with Crippen molar-refractivity contribution in [2.45, 2.75) is 29.4 Å². The molecule has 0 bridgehead atoms. The molecule has 0 saturated carbocycles. The lowest BCUT2D eigenvalue weighted by molar-refractivity contribution is 0.145. The van der Waals surface area contributed by atoms with Crippen LogP contribution in [0.3, 0.4) is 0 Å². The van der Waals surface area contributed by atoms with Crippen molar-refractivity contribution in [1.29, 1.82) is 0 Å². The summed E-state index contributed by atoms with van der Waals surface area (Å²) in [7, 11) is 0. The summed E-state index contributed by atoms with van der Waals surface area (Å²) in [5.74, 6) is 0. The van der Waals surface area contributed by atoms with Gasteiger partial charge in [-0.25, -0.2) is 0 Å². The van der Waals surface area contributed by atoms with Gasteiger partial charge in [-0.05, 0) is 28.4 Å². The second-order valence-electron chi connectivity index (χ2n) is 4.89. The molecule has 3 atom stereocenters. The van der Waals surface area contributed by atoms with Crippen molar-refractivity contribution >= 4 is 23.5 Å². The summed E-state index contributed by atoms with van der Waals surface area (Å²) in [6.45, 7) is 1.73. The number of ether oxygens (including phenoxy) is 1. The molecule has 0 saturated heterocycles. The maximum atomic E-state index is 5.54. The molecule has 0 aromatic carbocycles. The smallest absolute Gasteiger partial charge is 0.0697 e.